The van der Waals surface area contributed by atoms with E-state index in [4.69, 9.17) is 9.47 Å². The van der Waals surface area contributed by atoms with Gasteiger partial charge in [0.05, 0.1) is 13.2 Å². The molecular formula is C27H40O2. The fourth-order valence-electron chi connectivity index (χ4n) is 3.75. The van der Waals surface area contributed by atoms with E-state index in [2.05, 4.69) is 81.4 Å². The molecular weight excluding hydrogens is 356 g/mol. The Kier molecular flexibility index (Phi) is 11.7. The van der Waals surface area contributed by atoms with Crippen LogP contribution in [-0.4, -0.2) is 26.4 Å². The molecule has 2 nitrogen and oxygen atoms in total. The van der Waals surface area contributed by atoms with E-state index in [9.17, 15) is 0 Å². The van der Waals surface area contributed by atoms with E-state index in [0.717, 1.165) is 45.7 Å². The van der Waals surface area contributed by atoms with Crippen LogP contribution in [0.5, 0.6) is 0 Å². The molecule has 160 valence electrons. The highest BCUT2D eigenvalue weighted by Gasteiger charge is 2.15. The molecule has 2 atom stereocenters. The highest BCUT2D eigenvalue weighted by molar-refractivity contribution is 5.20. The fourth-order valence-corrected chi connectivity index (χ4v) is 3.75. The van der Waals surface area contributed by atoms with Crippen LogP contribution in [0.25, 0.3) is 0 Å². The molecule has 0 fully saturated rings. The Labute approximate surface area is 178 Å². The number of hydrogen-bond acceptors (Lipinski definition) is 2. The summed E-state index contributed by atoms with van der Waals surface area (Å²) in [7, 11) is 0. The van der Waals surface area contributed by atoms with Gasteiger partial charge in [0.15, 0.2) is 0 Å². The molecule has 0 saturated heterocycles. The Morgan fingerprint density at radius 2 is 1.17 bits per heavy atom. The van der Waals surface area contributed by atoms with Gasteiger partial charge in [0.1, 0.15) is 0 Å². The van der Waals surface area contributed by atoms with Crippen molar-refractivity contribution in [3.63, 3.8) is 0 Å². The molecule has 0 spiro atoms. The van der Waals surface area contributed by atoms with Crippen molar-refractivity contribution in [3.05, 3.63) is 71.8 Å². The monoisotopic (exact) mass is 396 g/mol. The van der Waals surface area contributed by atoms with E-state index in [-0.39, 0.29) is 0 Å². The molecule has 0 aliphatic carbocycles. The lowest BCUT2D eigenvalue weighted by atomic mass is 9.89. The first-order chi connectivity index (χ1) is 14.2. The predicted octanol–water partition coefficient (Wildman–Crippen LogP) is 7.21. The van der Waals surface area contributed by atoms with Gasteiger partial charge < -0.3 is 9.47 Å². The molecule has 0 amide bonds. The SMILES string of the molecule is CC[C@H](COCCCCCCOC[C@H](c1ccccc1)C(C)C)c1ccccc1. The lowest BCUT2D eigenvalue weighted by Gasteiger charge is -2.21. The van der Waals surface area contributed by atoms with Gasteiger partial charge in [0.2, 0.25) is 0 Å². The predicted molar refractivity (Wildman–Crippen MR) is 124 cm³/mol. The third-order valence-corrected chi connectivity index (χ3v) is 5.74. The third-order valence-electron chi connectivity index (χ3n) is 5.74. The van der Waals surface area contributed by atoms with E-state index in [1.54, 1.807) is 0 Å². The van der Waals surface area contributed by atoms with Gasteiger partial charge in [-0.2, -0.15) is 0 Å². The van der Waals surface area contributed by atoms with E-state index in [1.165, 1.54) is 24.0 Å². The first kappa shape index (κ1) is 23.6. The lowest BCUT2D eigenvalue weighted by Crippen LogP contribution is -2.14. The molecule has 29 heavy (non-hydrogen) atoms. The smallest absolute Gasteiger partial charge is 0.0537 e. The summed E-state index contributed by atoms with van der Waals surface area (Å²) in [6, 6.07) is 21.5. The number of hydrogen-bond donors (Lipinski definition) is 0. The first-order valence-electron chi connectivity index (χ1n) is 11.5. The maximum atomic E-state index is 6.00. The molecule has 0 saturated carbocycles. The van der Waals surface area contributed by atoms with Gasteiger partial charge in [-0.05, 0) is 36.3 Å². The number of unbranched alkanes of at least 4 members (excludes halogenated alkanes) is 3. The van der Waals surface area contributed by atoms with Gasteiger partial charge in [-0.1, -0.05) is 94.3 Å². The topological polar surface area (TPSA) is 18.5 Å². The number of ether oxygens (including phenoxy) is 2. The Hall–Kier alpha value is -1.64. The zero-order chi connectivity index (χ0) is 20.7. The molecule has 0 unspecified atom stereocenters. The fraction of sp³-hybridized carbons (Fsp3) is 0.556. The molecule has 0 bridgehead atoms. The molecule has 0 radical (unpaired) electrons. The summed E-state index contributed by atoms with van der Waals surface area (Å²) in [6.45, 7) is 10.2. The molecule has 0 aliphatic heterocycles. The highest BCUT2D eigenvalue weighted by atomic mass is 16.5. The molecule has 2 aromatic rings. The van der Waals surface area contributed by atoms with Gasteiger partial charge in [-0.3, -0.25) is 0 Å². The number of benzene rings is 2. The van der Waals surface area contributed by atoms with Crippen LogP contribution in [0.15, 0.2) is 60.7 Å². The summed E-state index contributed by atoms with van der Waals surface area (Å²) >= 11 is 0. The first-order valence-corrected chi connectivity index (χ1v) is 11.5. The van der Waals surface area contributed by atoms with Crippen LogP contribution in [0.3, 0.4) is 0 Å². The molecule has 2 heteroatoms. The van der Waals surface area contributed by atoms with Crippen molar-refractivity contribution in [3.8, 4) is 0 Å². The summed E-state index contributed by atoms with van der Waals surface area (Å²) in [5.41, 5.74) is 2.78. The molecule has 0 N–H and O–H groups in total. The van der Waals surface area contributed by atoms with Crippen LogP contribution in [0, 0.1) is 5.92 Å². The lowest BCUT2D eigenvalue weighted by molar-refractivity contribution is 0.101. The normalized spacial score (nSPS) is 13.5. The molecule has 0 aromatic heterocycles. The van der Waals surface area contributed by atoms with Crippen LogP contribution in [0.2, 0.25) is 0 Å². The largest absolute Gasteiger partial charge is 0.381 e. The zero-order valence-electron chi connectivity index (χ0n) is 18.7. The third kappa shape index (κ3) is 9.14. The van der Waals surface area contributed by atoms with E-state index in [0.29, 0.717) is 17.8 Å². The maximum absolute atomic E-state index is 6.00. The van der Waals surface area contributed by atoms with Crippen molar-refractivity contribution in [1.82, 2.24) is 0 Å². The second-order valence-electron chi connectivity index (χ2n) is 8.34. The van der Waals surface area contributed by atoms with Crippen LogP contribution in [0.4, 0.5) is 0 Å². The highest BCUT2D eigenvalue weighted by Crippen LogP contribution is 2.24. The van der Waals surface area contributed by atoms with Crippen molar-refractivity contribution in [1.29, 1.82) is 0 Å². The summed E-state index contributed by atoms with van der Waals surface area (Å²) < 4.78 is 11.9. The quantitative estimate of drug-likeness (QED) is 0.296. The summed E-state index contributed by atoms with van der Waals surface area (Å²) in [5.74, 6) is 1.60. The van der Waals surface area contributed by atoms with Crippen LogP contribution >= 0.6 is 0 Å². The van der Waals surface area contributed by atoms with Crippen LogP contribution in [0.1, 0.15) is 75.8 Å². The minimum Gasteiger partial charge on any atom is -0.381 e. The van der Waals surface area contributed by atoms with Crippen molar-refractivity contribution < 1.29 is 9.47 Å². The maximum Gasteiger partial charge on any atom is 0.0537 e. The number of rotatable bonds is 15. The van der Waals surface area contributed by atoms with Gasteiger partial charge in [0, 0.05) is 25.0 Å². The van der Waals surface area contributed by atoms with Crippen molar-refractivity contribution in [2.24, 2.45) is 5.92 Å². The van der Waals surface area contributed by atoms with E-state index in [1.807, 2.05) is 0 Å². The van der Waals surface area contributed by atoms with E-state index < -0.39 is 0 Å². The van der Waals surface area contributed by atoms with Crippen molar-refractivity contribution >= 4 is 0 Å². The molecule has 0 aliphatic rings. The Balaban J connectivity index is 1.50. The standard InChI is InChI=1S/C27H40O2/c1-4-24(25-15-9-7-10-16-25)21-28-19-13-5-6-14-20-29-22-27(23(2)3)26-17-11-8-12-18-26/h7-12,15-18,23-24,27H,4-6,13-14,19-22H2,1-3H3/t24-,27+/m1/s1. The average Bonchev–Trinajstić information content (AvgIpc) is 2.75. The summed E-state index contributed by atoms with van der Waals surface area (Å²) in [5, 5.41) is 0. The van der Waals surface area contributed by atoms with Gasteiger partial charge in [-0.15, -0.1) is 0 Å². The van der Waals surface area contributed by atoms with Crippen LogP contribution in [-0.2, 0) is 9.47 Å². The molecule has 0 heterocycles. The summed E-state index contributed by atoms with van der Waals surface area (Å²) in [4.78, 5) is 0. The van der Waals surface area contributed by atoms with Crippen molar-refractivity contribution in [2.45, 2.75) is 64.7 Å². The second-order valence-corrected chi connectivity index (χ2v) is 8.34. The van der Waals surface area contributed by atoms with Gasteiger partial charge in [0.25, 0.3) is 0 Å². The Morgan fingerprint density at radius 1 is 0.655 bits per heavy atom. The second kappa shape index (κ2) is 14.4. The summed E-state index contributed by atoms with van der Waals surface area (Å²) in [6.07, 6.45) is 5.85. The van der Waals surface area contributed by atoms with E-state index >= 15 is 0 Å². The van der Waals surface area contributed by atoms with Crippen molar-refractivity contribution in [2.75, 3.05) is 26.4 Å². The van der Waals surface area contributed by atoms with Gasteiger partial charge >= 0.3 is 0 Å². The zero-order valence-corrected chi connectivity index (χ0v) is 18.7. The average molecular weight is 397 g/mol. The molecule has 2 aromatic carbocycles. The Bertz CT molecular complexity index is 624. The minimum absolute atomic E-state index is 0.487. The molecule has 2 rings (SSSR count). The minimum atomic E-state index is 0.487. The Morgan fingerprint density at radius 3 is 1.69 bits per heavy atom. The van der Waals surface area contributed by atoms with Crippen LogP contribution < -0.4 is 0 Å². The van der Waals surface area contributed by atoms with Gasteiger partial charge in [-0.25, -0.2) is 0 Å².